The second kappa shape index (κ2) is 11.0. The Kier molecular flexibility index (Phi) is 9.35. The highest BCUT2D eigenvalue weighted by Gasteiger charge is 2.14. The third-order valence-electron chi connectivity index (χ3n) is 4.46. The minimum absolute atomic E-state index is 0.331. The van der Waals surface area contributed by atoms with Crippen LogP contribution in [-0.2, 0) is 0 Å². The Labute approximate surface area is 153 Å². The van der Waals surface area contributed by atoms with Crippen molar-refractivity contribution in [3.63, 3.8) is 0 Å². The van der Waals surface area contributed by atoms with Gasteiger partial charge >= 0.3 is 0 Å². The van der Waals surface area contributed by atoms with Crippen molar-refractivity contribution >= 4 is 5.96 Å². The predicted molar refractivity (Wildman–Crippen MR) is 108 cm³/mol. The van der Waals surface area contributed by atoms with Crippen LogP contribution in [0, 0.1) is 0 Å². The van der Waals surface area contributed by atoms with Gasteiger partial charge in [-0.2, -0.15) is 0 Å². The number of para-hydroxylation sites is 1. The third kappa shape index (κ3) is 6.94. The average molecular weight is 349 g/mol. The summed E-state index contributed by atoms with van der Waals surface area (Å²) in [7, 11) is 3.53. The molecule has 1 aromatic rings. The van der Waals surface area contributed by atoms with E-state index < -0.39 is 0 Å². The largest absolute Gasteiger partial charge is 0.496 e. The fraction of sp³-hybridized carbons (Fsp3) is 0.650. The van der Waals surface area contributed by atoms with Crippen LogP contribution in [-0.4, -0.2) is 56.7 Å². The van der Waals surface area contributed by atoms with Gasteiger partial charge in [-0.15, -0.1) is 0 Å². The molecule has 25 heavy (non-hydrogen) atoms. The molecule has 1 aromatic carbocycles. The Morgan fingerprint density at radius 2 is 1.72 bits per heavy atom. The van der Waals surface area contributed by atoms with Crippen LogP contribution in [0.15, 0.2) is 29.3 Å². The van der Waals surface area contributed by atoms with E-state index in [4.69, 9.17) is 4.74 Å². The van der Waals surface area contributed by atoms with Crippen molar-refractivity contribution in [3.05, 3.63) is 29.8 Å². The molecule has 142 valence electrons. The Bertz CT molecular complexity index is 520. The summed E-state index contributed by atoms with van der Waals surface area (Å²) in [6.45, 7) is 13.8. The lowest BCUT2D eigenvalue weighted by Crippen LogP contribution is -2.45. The van der Waals surface area contributed by atoms with E-state index in [0.717, 1.165) is 31.3 Å². The molecule has 0 aliphatic rings. The normalized spacial score (nSPS) is 13.4. The van der Waals surface area contributed by atoms with Crippen molar-refractivity contribution in [1.29, 1.82) is 0 Å². The average Bonchev–Trinajstić information content (AvgIpc) is 2.60. The number of nitrogens with zero attached hydrogens (tertiary/aromatic N) is 2. The van der Waals surface area contributed by atoms with E-state index in [1.54, 1.807) is 7.11 Å². The minimum atomic E-state index is 0.331. The highest BCUT2D eigenvalue weighted by atomic mass is 16.5. The SMILES string of the molecule is CN=C(NCCN(C(C)C)C(C)C)NCC(C)c1ccccc1OC. The van der Waals surface area contributed by atoms with Crippen LogP contribution in [0.5, 0.6) is 5.75 Å². The maximum atomic E-state index is 5.46. The maximum Gasteiger partial charge on any atom is 0.191 e. The van der Waals surface area contributed by atoms with Crippen molar-refractivity contribution in [2.24, 2.45) is 4.99 Å². The first-order valence-corrected chi connectivity index (χ1v) is 9.23. The number of rotatable bonds is 9. The second-order valence-electron chi connectivity index (χ2n) is 6.95. The molecule has 0 saturated carbocycles. The summed E-state index contributed by atoms with van der Waals surface area (Å²) in [4.78, 5) is 6.80. The van der Waals surface area contributed by atoms with Crippen molar-refractivity contribution in [1.82, 2.24) is 15.5 Å². The molecule has 0 spiro atoms. The summed E-state index contributed by atoms with van der Waals surface area (Å²) in [5.41, 5.74) is 1.21. The molecule has 0 amide bonds. The van der Waals surface area contributed by atoms with Crippen LogP contribution in [0.3, 0.4) is 0 Å². The van der Waals surface area contributed by atoms with Gasteiger partial charge in [0, 0.05) is 44.7 Å². The van der Waals surface area contributed by atoms with E-state index in [-0.39, 0.29) is 0 Å². The monoisotopic (exact) mass is 348 g/mol. The van der Waals surface area contributed by atoms with Crippen molar-refractivity contribution < 1.29 is 4.74 Å². The number of aliphatic imine (C=N–C) groups is 1. The van der Waals surface area contributed by atoms with Gasteiger partial charge in [-0.05, 0) is 39.3 Å². The van der Waals surface area contributed by atoms with E-state index in [1.165, 1.54) is 5.56 Å². The van der Waals surface area contributed by atoms with Crippen molar-refractivity contribution in [3.8, 4) is 5.75 Å². The Balaban J connectivity index is 2.49. The van der Waals surface area contributed by atoms with Gasteiger partial charge in [0.25, 0.3) is 0 Å². The molecule has 1 rings (SSSR count). The molecule has 1 atom stereocenters. The standard InChI is InChI=1S/C20H36N4O/c1-15(2)24(16(3)4)13-12-22-20(21-6)23-14-17(5)18-10-8-9-11-19(18)25-7/h8-11,15-17H,12-14H2,1-7H3,(H2,21,22,23). The number of ether oxygens (including phenoxy) is 1. The lowest BCUT2D eigenvalue weighted by Gasteiger charge is -2.30. The number of nitrogens with one attached hydrogen (secondary N) is 2. The summed E-state index contributed by atoms with van der Waals surface area (Å²) in [6.07, 6.45) is 0. The summed E-state index contributed by atoms with van der Waals surface area (Å²) >= 11 is 0. The first-order chi connectivity index (χ1) is 11.9. The van der Waals surface area contributed by atoms with Crippen LogP contribution in [0.2, 0.25) is 0 Å². The first-order valence-electron chi connectivity index (χ1n) is 9.23. The number of benzene rings is 1. The molecule has 0 saturated heterocycles. The molecule has 0 aliphatic carbocycles. The van der Waals surface area contributed by atoms with E-state index >= 15 is 0 Å². The van der Waals surface area contributed by atoms with E-state index in [1.807, 2.05) is 25.2 Å². The molecular weight excluding hydrogens is 312 g/mol. The van der Waals surface area contributed by atoms with Crippen molar-refractivity contribution in [2.75, 3.05) is 33.8 Å². The summed E-state index contributed by atoms with van der Waals surface area (Å²) in [5.74, 6) is 2.11. The number of guanidine groups is 1. The number of hydrogen-bond acceptors (Lipinski definition) is 3. The molecule has 0 fully saturated rings. The fourth-order valence-corrected chi connectivity index (χ4v) is 3.07. The zero-order valence-electron chi connectivity index (χ0n) is 17.0. The smallest absolute Gasteiger partial charge is 0.191 e. The van der Waals surface area contributed by atoms with Gasteiger partial charge < -0.3 is 15.4 Å². The lowest BCUT2D eigenvalue weighted by molar-refractivity contribution is 0.178. The Morgan fingerprint density at radius 1 is 1.08 bits per heavy atom. The maximum absolute atomic E-state index is 5.46. The Hall–Kier alpha value is -1.75. The molecule has 0 bridgehead atoms. The van der Waals surface area contributed by atoms with Crippen LogP contribution < -0.4 is 15.4 Å². The highest BCUT2D eigenvalue weighted by Crippen LogP contribution is 2.25. The van der Waals surface area contributed by atoms with Crippen molar-refractivity contribution in [2.45, 2.75) is 52.6 Å². The lowest BCUT2D eigenvalue weighted by atomic mass is 10.0. The minimum Gasteiger partial charge on any atom is -0.496 e. The van der Waals surface area contributed by atoms with Gasteiger partial charge in [-0.25, -0.2) is 0 Å². The summed E-state index contributed by atoms with van der Waals surface area (Å²) < 4.78 is 5.46. The fourth-order valence-electron chi connectivity index (χ4n) is 3.07. The molecule has 2 N–H and O–H groups in total. The zero-order chi connectivity index (χ0) is 18.8. The van der Waals surface area contributed by atoms with Crippen LogP contribution in [0.1, 0.15) is 46.1 Å². The second-order valence-corrected chi connectivity index (χ2v) is 6.95. The molecule has 0 aliphatic heterocycles. The first kappa shape index (κ1) is 21.3. The van der Waals surface area contributed by atoms with E-state index in [9.17, 15) is 0 Å². The Morgan fingerprint density at radius 3 is 2.28 bits per heavy atom. The van der Waals surface area contributed by atoms with Crippen LogP contribution in [0.4, 0.5) is 0 Å². The van der Waals surface area contributed by atoms with Gasteiger partial charge in [0.05, 0.1) is 7.11 Å². The number of hydrogen-bond donors (Lipinski definition) is 2. The van der Waals surface area contributed by atoms with Crippen LogP contribution in [0.25, 0.3) is 0 Å². The van der Waals surface area contributed by atoms with Gasteiger partial charge in [0.1, 0.15) is 5.75 Å². The molecule has 0 heterocycles. The molecule has 0 aromatic heterocycles. The zero-order valence-corrected chi connectivity index (χ0v) is 17.0. The number of methoxy groups -OCH3 is 1. The van der Waals surface area contributed by atoms with Gasteiger partial charge in [-0.3, -0.25) is 9.89 Å². The molecule has 5 nitrogen and oxygen atoms in total. The van der Waals surface area contributed by atoms with E-state index in [0.29, 0.717) is 18.0 Å². The molecule has 5 heteroatoms. The van der Waals surface area contributed by atoms with E-state index in [2.05, 4.69) is 61.2 Å². The summed E-state index contributed by atoms with van der Waals surface area (Å²) in [5, 5.41) is 6.83. The van der Waals surface area contributed by atoms with Gasteiger partial charge in [0.15, 0.2) is 5.96 Å². The predicted octanol–water partition coefficient (Wildman–Crippen LogP) is 3.08. The molecular formula is C20H36N4O. The molecule has 1 unspecified atom stereocenters. The van der Waals surface area contributed by atoms with Crippen LogP contribution >= 0.6 is 0 Å². The quantitative estimate of drug-likeness (QED) is 0.532. The molecule has 0 radical (unpaired) electrons. The highest BCUT2D eigenvalue weighted by molar-refractivity contribution is 5.79. The van der Waals surface area contributed by atoms with Gasteiger partial charge in [0.2, 0.25) is 0 Å². The topological polar surface area (TPSA) is 48.9 Å². The van der Waals surface area contributed by atoms with Gasteiger partial charge in [-0.1, -0.05) is 25.1 Å². The summed E-state index contributed by atoms with van der Waals surface area (Å²) in [6, 6.07) is 9.26. The third-order valence-corrected chi connectivity index (χ3v) is 4.46.